The van der Waals surface area contributed by atoms with Crippen LogP contribution in [0.2, 0.25) is 0 Å². The molecule has 0 heterocycles. The Hall–Kier alpha value is -3.02. The minimum Gasteiger partial charge on any atom is -0.504 e. The summed E-state index contributed by atoms with van der Waals surface area (Å²) in [5.41, 5.74) is 0.606. The van der Waals surface area contributed by atoms with Gasteiger partial charge in [0.25, 0.3) is 0 Å². The summed E-state index contributed by atoms with van der Waals surface area (Å²) in [5, 5.41) is 37.4. The number of hydrogen-bond acceptors (Lipinski definition) is 6. The molecule has 1 atom stereocenters. The summed E-state index contributed by atoms with van der Waals surface area (Å²) in [6, 6.07) is 7.82. The van der Waals surface area contributed by atoms with Crippen molar-refractivity contribution in [3.05, 3.63) is 47.5 Å². The van der Waals surface area contributed by atoms with E-state index in [9.17, 15) is 30.0 Å². The van der Waals surface area contributed by atoms with Gasteiger partial charge in [0, 0.05) is 24.0 Å². The van der Waals surface area contributed by atoms with Gasteiger partial charge in [-0.2, -0.15) is 0 Å². The van der Waals surface area contributed by atoms with Crippen molar-refractivity contribution < 1.29 is 30.0 Å². The molecule has 6 nitrogen and oxygen atoms in total. The van der Waals surface area contributed by atoms with E-state index in [0.717, 1.165) is 0 Å². The summed E-state index contributed by atoms with van der Waals surface area (Å²) in [4.78, 5) is 24.3. The van der Waals surface area contributed by atoms with E-state index in [0.29, 0.717) is 17.5 Å². The van der Waals surface area contributed by atoms with Gasteiger partial charge in [-0.15, -0.1) is 0 Å². The lowest BCUT2D eigenvalue weighted by molar-refractivity contribution is 0.0935. The minimum atomic E-state index is -0.346. The summed E-state index contributed by atoms with van der Waals surface area (Å²) in [7, 11) is 0. The first kappa shape index (κ1) is 18.3. The molecule has 0 aromatic heterocycles. The fraction of sp³-hybridized carbons (Fsp3) is 0.263. The number of phenols is 4. The molecule has 0 amide bonds. The van der Waals surface area contributed by atoms with E-state index in [1.807, 2.05) is 6.92 Å². The van der Waals surface area contributed by atoms with Crippen molar-refractivity contribution in [3.8, 4) is 23.0 Å². The Morgan fingerprint density at radius 3 is 1.76 bits per heavy atom. The maximum absolute atomic E-state index is 12.2. The van der Waals surface area contributed by atoms with Crippen LogP contribution >= 0.6 is 0 Å². The monoisotopic (exact) mass is 344 g/mol. The summed E-state index contributed by atoms with van der Waals surface area (Å²) < 4.78 is 0. The average molecular weight is 344 g/mol. The maximum atomic E-state index is 12.2. The fourth-order valence-corrected chi connectivity index (χ4v) is 2.45. The third-order valence-corrected chi connectivity index (χ3v) is 3.99. The van der Waals surface area contributed by atoms with Crippen LogP contribution in [0, 0.1) is 5.92 Å². The summed E-state index contributed by atoms with van der Waals surface area (Å²) >= 11 is 0. The number of carbonyl (C=O) groups excluding carboxylic acids is 2. The van der Waals surface area contributed by atoms with E-state index in [-0.39, 0.29) is 53.3 Å². The van der Waals surface area contributed by atoms with Crippen LogP contribution in [0.5, 0.6) is 23.0 Å². The molecule has 25 heavy (non-hydrogen) atoms. The molecular formula is C19H20O6. The van der Waals surface area contributed by atoms with Crippen LogP contribution < -0.4 is 0 Å². The number of phenolic OH excluding ortho intramolecular Hbond substituents is 4. The third-order valence-electron chi connectivity index (χ3n) is 3.99. The standard InChI is InChI=1S/C19H20O6/c1-11(8-17(23)13-4-7-16(22)19(25)10-13)2-5-14(20)12-3-6-15(21)18(24)9-12/h3-4,6-7,9-11,21-22,24-25H,2,5,8H2,1H3. The first-order chi connectivity index (χ1) is 11.8. The Labute approximate surface area is 145 Å². The zero-order valence-corrected chi connectivity index (χ0v) is 13.8. The topological polar surface area (TPSA) is 115 Å². The summed E-state index contributed by atoms with van der Waals surface area (Å²) in [6.07, 6.45) is 0.897. The molecule has 0 saturated heterocycles. The molecule has 2 aromatic carbocycles. The lowest BCUT2D eigenvalue weighted by Crippen LogP contribution is -2.08. The molecule has 2 aromatic rings. The van der Waals surface area contributed by atoms with Crippen LogP contribution in [-0.2, 0) is 0 Å². The van der Waals surface area contributed by atoms with E-state index in [2.05, 4.69) is 0 Å². The molecule has 0 saturated carbocycles. The molecular weight excluding hydrogens is 324 g/mol. The van der Waals surface area contributed by atoms with Gasteiger partial charge >= 0.3 is 0 Å². The largest absolute Gasteiger partial charge is 0.504 e. The van der Waals surface area contributed by atoms with Crippen LogP contribution in [0.25, 0.3) is 0 Å². The molecule has 132 valence electrons. The SMILES string of the molecule is CC(CCC(=O)c1ccc(O)c(O)c1)CC(=O)c1ccc(O)c(O)c1. The number of Topliss-reactive ketones (excluding diaryl/α,β-unsaturated/α-hetero) is 2. The molecule has 2 rings (SSSR count). The lowest BCUT2D eigenvalue weighted by atomic mass is 9.93. The first-order valence-electron chi connectivity index (χ1n) is 7.88. The highest BCUT2D eigenvalue weighted by Crippen LogP contribution is 2.27. The molecule has 0 spiro atoms. The molecule has 1 unspecified atom stereocenters. The maximum Gasteiger partial charge on any atom is 0.163 e. The quantitative estimate of drug-likeness (QED) is 0.452. The van der Waals surface area contributed by atoms with Crippen molar-refractivity contribution >= 4 is 11.6 Å². The van der Waals surface area contributed by atoms with Crippen LogP contribution in [0.15, 0.2) is 36.4 Å². The molecule has 0 fully saturated rings. The Balaban J connectivity index is 1.90. The molecule has 0 radical (unpaired) electrons. The van der Waals surface area contributed by atoms with E-state index >= 15 is 0 Å². The zero-order chi connectivity index (χ0) is 18.6. The van der Waals surface area contributed by atoms with Crippen LogP contribution in [0.4, 0.5) is 0 Å². The second-order valence-corrected chi connectivity index (χ2v) is 6.10. The van der Waals surface area contributed by atoms with Gasteiger partial charge in [0.2, 0.25) is 0 Å². The van der Waals surface area contributed by atoms with Gasteiger partial charge in [-0.3, -0.25) is 9.59 Å². The number of aromatic hydroxyl groups is 4. The Bertz CT molecular complexity index is 796. The first-order valence-corrected chi connectivity index (χ1v) is 7.88. The number of benzene rings is 2. The van der Waals surface area contributed by atoms with Gasteiger partial charge in [0.1, 0.15) is 0 Å². The van der Waals surface area contributed by atoms with E-state index in [1.54, 1.807) is 0 Å². The zero-order valence-electron chi connectivity index (χ0n) is 13.8. The Morgan fingerprint density at radius 2 is 1.28 bits per heavy atom. The highest BCUT2D eigenvalue weighted by atomic mass is 16.3. The lowest BCUT2D eigenvalue weighted by Gasteiger charge is -2.11. The van der Waals surface area contributed by atoms with Crippen LogP contribution in [0.3, 0.4) is 0 Å². The second-order valence-electron chi connectivity index (χ2n) is 6.10. The van der Waals surface area contributed by atoms with Crippen molar-refractivity contribution in [1.82, 2.24) is 0 Å². The summed E-state index contributed by atoms with van der Waals surface area (Å²) in [6.45, 7) is 1.85. The highest BCUT2D eigenvalue weighted by molar-refractivity contribution is 5.97. The van der Waals surface area contributed by atoms with Gasteiger partial charge in [-0.1, -0.05) is 6.92 Å². The molecule has 6 heteroatoms. The number of ketones is 2. The summed E-state index contributed by atoms with van der Waals surface area (Å²) in [5.74, 6) is -1.69. The van der Waals surface area contributed by atoms with Crippen molar-refractivity contribution in [1.29, 1.82) is 0 Å². The van der Waals surface area contributed by atoms with E-state index in [1.165, 1.54) is 36.4 Å². The van der Waals surface area contributed by atoms with Crippen molar-refractivity contribution in [2.75, 3.05) is 0 Å². The third kappa shape index (κ3) is 4.73. The van der Waals surface area contributed by atoms with E-state index in [4.69, 9.17) is 0 Å². The number of hydrogen-bond donors (Lipinski definition) is 4. The Kier molecular flexibility index (Phi) is 5.64. The van der Waals surface area contributed by atoms with Crippen LogP contribution in [-0.4, -0.2) is 32.0 Å². The van der Waals surface area contributed by atoms with Crippen molar-refractivity contribution in [2.24, 2.45) is 5.92 Å². The average Bonchev–Trinajstić information content (AvgIpc) is 2.57. The van der Waals surface area contributed by atoms with Gasteiger partial charge in [0.05, 0.1) is 0 Å². The Morgan fingerprint density at radius 1 is 0.800 bits per heavy atom. The molecule has 0 bridgehead atoms. The second kappa shape index (κ2) is 7.70. The predicted molar refractivity (Wildman–Crippen MR) is 91.2 cm³/mol. The van der Waals surface area contributed by atoms with Crippen LogP contribution in [0.1, 0.15) is 46.9 Å². The predicted octanol–water partition coefficient (Wildman–Crippen LogP) is 3.38. The fourth-order valence-electron chi connectivity index (χ4n) is 2.45. The minimum absolute atomic E-state index is 0.0573. The van der Waals surface area contributed by atoms with Crippen molar-refractivity contribution in [2.45, 2.75) is 26.2 Å². The van der Waals surface area contributed by atoms with Gasteiger partial charge in [-0.05, 0) is 48.7 Å². The van der Waals surface area contributed by atoms with Crippen molar-refractivity contribution in [3.63, 3.8) is 0 Å². The number of carbonyl (C=O) groups is 2. The molecule has 0 aliphatic carbocycles. The smallest absolute Gasteiger partial charge is 0.163 e. The van der Waals surface area contributed by atoms with Gasteiger partial charge in [-0.25, -0.2) is 0 Å². The normalized spacial score (nSPS) is 11.9. The highest BCUT2D eigenvalue weighted by Gasteiger charge is 2.15. The van der Waals surface area contributed by atoms with Gasteiger partial charge in [0.15, 0.2) is 34.6 Å². The van der Waals surface area contributed by atoms with E-state index < -0.39 is 0 Å². The molecule has 0 aliphatic rings. The molecule has 4 N–H and O–H groups in total. The van der Waals surface area contributed by atoms with Gasteiger partial charge < -0.3 is 20.4 Å². The number of rotatable bonds is 7. The molecule has 0 aliphatic heterocycles.